The third-order valence-corrected chi connectivity index (χ3v) is 11.5. The van der Waals surface area contributed by atoms with Crippen LogP contribution in [0.15, 0.2) is 0 Å². The Hall–Kier alpha value is -0.950. The molecule has 0 aromatic heterocycles. The highest BCUT2D eigenvalue weighted by Crippen LogP contribution is 2.43. The normalized spacial score (nSPS) is 13.2. The van der Waals surface area contributed by atoms with Crippen molar-refractivity contribution in [2.45, 2.75) is 258 Å². The van der Waals surface area contributed by atoms with E-state index < -0.39 is 19.9 Å². The Morgan fingerprint density at radius 2 is 0.722 bits per heavy atom. The van der Waals surface area contributed by atoms with Crippen molar-refractivity contribution in [1.29, 1.82) is 0 Å². The van der Waals surface area contributed by atoms with E-state index >= 15 is 0 Å². The minimum absolute atomic E-state index is 0.00584. The van der Waals surface area contributed by atoms with E-state index in [0.717, 1.165) is 38.5 Å². The molecule has 0 saturated carbocycles. The molecule has 0 aliphatic heterocycles. The van der Waals surface area contributed by atoms with Crippen molar-refractivity contribution in [2.75, 3.05) is 19.8 Å². The molecule has 0 aliphatic carbocycles. The van der Waals surface area contributed by atoms with E-state index in [2.05, 4.69) is 13.8 Å². The highest BCUT2D eigenvalue weighted by molar-refractivity contribution is 7.47. The molecule has 1 N–H and O–H groups in total. The van der Waals surface area contributed by atoms with E-state index in [9.17, 15) is 19.0 Å². The van der Waals surface area contributed by atoms with Gasteiger partial charge in [-0.15, -0.1) is 0 Å². The maximum atomic E-state index is 12.6. The summed E-state index contributed by atoms with van der Waals surface area (Å²) in [6, 6.07) is 0. The van der Waals surface area contributed by atoms with E-state index in [-0.39, 0.29) is 32.2 Å². The molecule has 0 aromatic carbocycles. The molecule has 0 heterocycles. The van der Waals surface area contributed by atoms with Gasteiger partial charge in [0.15, 0.2) is 6.10 Å². The summed E-state index contributed by atoms with van der Waals surface area (Å²) in [7, 11) is -4.27. The molecule has 0 amide bonds. The minimum atomic E-state index is -4.27. The Kier molecular flexibility index (Phi) is 40.9. The fraction of sp³-hybridized carbons (Fsp3) is 0.956. The lowest BCUT2D eigenvalue weighted by atomic mass is 10.0. The van der Waals surface area contributed by atoms with Crippen LogP contribution in [0.3, 0.4) is 0 Å². The molecule has 2 atom stereocenters. The number of unbranched alkanes of at least 4 members (excludes halogenated alkanes) is 32. The molecule has 0 aliphatic rings. The molecule has 0 spiro atoms. The van der Waals surface area contributed by atoms with Crippen molar-refractivity contribution in [3.8, 4) is 0 Å². The number of phosphoric acid groups is 1. The predicted molar refractivity (Wildman–Crippen MR) is 226 cm³/mol. The Morgan fingerprint density at radius 1 is 0.426 bits per heavy atom. The molecule has 0 fully saturated rings. The van der Waals surface area contributed by atoms with Gasteiger partial charge in [0.1, 0.15) is 6.61 Å². The summed E-state index contributed by atoms with van der Waals surface area (Å²) >= 11 is 0. The van der Waals surface area contributed by atoms with Gasteiger partial charge < -0.3 is 14.4 Å². The van der Waals surface area contributed by atoms with Gasteiger partial charge in [0, 0.05) is 12.8 Å². The van der Waals surface area contributed by atoms with E-state index in [1.807, 2.05) is 0 Å². The molecule has 0 bridgehead atoms. The standard InChI is InChI=1S/C45H89O8P/c1-4-7-9-11-13-15-17-19-21-23-25-27-29-31-33-35-37-39-44(46)50-41-43(42-52-54(48,49)51-6-3)53-45(47)40-38-36-34-32-30-28-26-24-22-20-18-16-14-12-10-8-5-2/h43H,4-42H2,1-3H3,(H,48,49). The quantitative estimate of drug-likeness (QED) is 0.0369. The van der Waals surface area contributed by atoms with Crippen LogP contribution in [-0.2, 0) is 32.7 Å². The number of phosphoric ester groups is 1. The van der Waals surface area contributed by atoms with E-state index in [4.69, 9.17) is 18.5 Å². The number of carbonyl (C=O) groups excluding carboxylic acids is 2. The summed E-state index contributed by atoms with van der Waals surface area (Å²) < 4.78 is 32.7. The SMILES string of the molecule is CCCCCCCCCCCCCCCCCCCC(=O)OCC(COP(=O)(O)OCC)OC(=O)CCCCCCCCCCCCCCCCCCC. The van der Waals surface area contributed by atoms with Gasteiger partial charge in [0.25, 0.3) is 0 Å². The average molecular weight is 789 g/mol. The van der Waals surface area contributed by atoms with Crippen LogP contribution in [0.2, 0.25) is 0 Å². The molecule has 322 valence electrons. The zero-order chi connectivity index (χ0) is 39.6. The van der Waals surface area contributed by atoms with Crippen molar-refractivity contribution in [3.63, 3.8) is 0 Å². The van der Waals surface area contributed by atoms with Gasteiger partial charge in [-0.2, -0.15) is 0 Å². The fourth-order valence-corrected chi connectivity index (χ4v) is 7.74. The van der Waals surface area contributed by atoms with Gasteiger partial charge in [0.05, 0.1) is 13.2 Å². The number of esters is 2. The molecular weight excluding hydrogens is 699 g/mol. The lowest BCUT2D eigenvalue weighted by molar-refractivity contribution is -0.161. The van der Waals surface area contributed by atoms with Crippen molar-refractivity contribution < 1.29 is 37.6 Å². The van der Waals surface area contributed by atoms with Crippen LogP contribution in [0.4, 0.5) is 0 Å². The molecule has 9 heteroatoms. The second-order valence-electron chi connectivity index (χ2n) is 15.8. The Morgan fingerprint density at radius 3 is 1.04 bits per heavy atom. The summed E-state index contributed by atoms with van der Waals surface area (Å²) in [5.74, 6) is -0.778. The average Bonchev–Trinajstić information content (AvgIpc) is 3.15. The van der Waals surface area contributed by atoms with Crippen molar-refractivity contribution in [1.82, 2.24) is 0 Å². The van der Waals surface area contributed by atoms with Crippen LogP contribution < -0.4 is 0 Å². The van der Waals surface area contributed by atoms with Crippen molar-refractivity contribution in [2.24, 2.45) is 0 Å². The summed E-state index contributed by atoms with van der Waals surface area (Å²) in [5, 5.41) is 0. The molecule has 2 unspecified atom stereocenters. The van der Waals surface area contributed by atoms with Gasteiger partial charge in [0.2, 0.25) is 0 Å². The maximum Gasteiger partial charge on any atom is 0.472 e. The van der Waals surface area contributed by atoms with Crippen LogP contribution in [0.25, 0.3) is 0 Å². The Balaban J connectivity index is 3.98. The first-order valence-corrected chi connectivity index (χ1v) is 24.8. The van der Waals surface area contributed by atoms with Crippen LogP contribution in [0, 0.1) is 0 Å². The number of carbonyl (C=O) groups is 2. The van der Waals surface area contributed by atoms with Gasteiger partial charge in [-0.25, -0.2) is 4.57 Å². The molecule has 54 heavy (non-hydrogen) atoms. The van der Waals surface area contributed by atoms with Crippen LogP contribution >= 0.6 is 7.82 Å². The Labute approximate surface area is 334 Å². The molecular formula is C45H89O8P. The monoisotopic (exact) mass is 789 g/mol. The predicted octanol–water partition coefficient (Wildman–Crippen LogP) is 14.7. The lowest BCUT2D eigenvalue weighted by Crippen LogP contribution is -2.29. The first kappa shape index (κ1) is 53.0. The second-order valence-corrected chi connectivity index (χ2v) is 17.2. The van der Waals surface area contributed by atoms with Gasteiger partial charge in [-0.1, -0.05) is 219 Å². The molecule has 0 radical (unpaired) electrons. The van der Waals surface area contributed by atoms with Crippen LogP contribution in [0.1, 0.15) is 252 Å². The largest absolute Gasteiger partial charge is 0.472 e. The van der Waals surface area contributed by atoms with Gasteiger partial charge >= 0.3 is 19.8 Å². The van der Waals surface area contributed by atoms with Gasteiger partial charge in [-0.05, 0) is 19.8 Å². The Bertz CT molecular complexity index is 854. The number of hydrogen-bond donors (Lipinski definition) is 1. The minimum Gasteiger partial charge on any atom is -0.462 e. The second kappa shape index (κ2) is 41.7. The highest BCUT2D eigenvalue weighted by atomic mass is 31.2. The van der Waals surface area contributed by atoms with Crippen LogP contribution in [0.5, 0.6) is 0 Å². The van der Waals surface area contributed by atoms with E-state index in [1.165, 1.54) is 180 Å². The summed E-state index contributed by atoms with van der Waals surface area (Å²) in [6.07, 6.45) is 43.0. The van der Waals surface area contributed by atoms with Crippen molar-refractivity contribution >= 4 is 19.8 Å². The third kappa shape index (κ3) is 40.7. The lowest BCUT2D eigenvalue weighted by Gasteiger charge is -2.19. The summed E-state index contributed by atoms with van der Waals surface area (Å²) in [4.78, 5) is 34.8. The zero-order valence-corrected chi connectivity index (χ0v) is 36.8. The molecule has 0 rings (SSSR count). The summed E-state index contributed by atoms with van der Waals surface area (Å²) in [6.45, 7) is 5.53. The van der Waals surface area contributed by atoms with Crippen LogP contribution in [-0.4, -0.2) is 42.8 Å². The molecule has 8 nitrogen and oxygen atoms in total. The molecule has 0 aromatic rings. The van der Waals surface area contributed by atoms with E-state index in [1.54, 1.807) is 6.92 Å². The zero-order valence-electron chi connectivity index (χ0n) is 35.9. The number of hydrogen-bond acceptors (Lipinski definition) is 7. The maximum absolute atomic E-state index is 12.6. The topological polar surface area (TPSA) is 108 Å². The highest BCUT2D eigenvalue weighted by Gasteiger charge is 2.25. The third-order valence-electron chi connectivity index (χ3n) is 10.4. The van der Waals surface area contributed by atoms with Gasteiger partial charge in [-0.3, -0.25) is 18.6 Å². The van der Waals surface area contributed by atoms with E-state index in [0.29, 0.717) is 6.42 Å². The first-order valence-electron chi connectivity index (χ1n) is 23.3. The smallest absolute Gasteiger partial charge is 0.462 e. The molecule has 0 saturated heterocycles. The van der Waals surface area contributed by atoms with Crippen molar-refractivity contribution in [3.05, 3.63) is 0 Å². The number of rotatable bonds is 44. The fourth-order valence-electron chi connectivity index (χ4n) is 6.99. The summed E-state index contributed by atoms with van der Waals surface area (Å²) in [5.41, 5.74) is 0. The first-order chi connectivity index (χ1) is 26.3. The number of ether oxygens (including phenoxy) is 2.